The third-order valence-electron chi connectivity index (χ3n) is 3.95. The van der Waals surface area contributed by atoms with Crippen molar-refractivity contribution >= 4 is 10.9 Å². The summed E-state index contributed by atoms with van der Waals surface area (Å²) in [5.41, 5.74) is 3.85. The van der Waals surface area contributed by atoms with Gasteiger partial charge in [-0.05, 0) is 34.9 Å². The number of hydrogen-bond donors (Lipinski definition) is 0. The molecule has 5 heteroatoms. The van der Waals surface area contributed by atoms with E-state index in [-0.39, 0.29) is 5.56 Å². The van der Waals surface area contributed by atoms with Gasteiger partial charge >= 0.3 is 0 Å². The number of hydrogen-bond acceptors (Lipinski definition) is 4. The molecule has 5 nitrogen and oxygen atoms in total. The summed E-state index contributed by atoms with van der Waals surface area (Å²) in [4.78, 5) is 24.8. The quantitative estimate of drug-likeness (QED) is 0.583. The van der Waals surface area contributed by atoms with Crippen molar-refractivity contribution in [2.24, 2.45) is 0 Å². The largest absolute Gasteiger partial charge is 0.294 e. The summed E-state index contributed by atoms with van der Waals surface area (Å²) in [6.07, 6.45) is 8.34. The van der Waals surface area contributed by atoms with Crippen molar-refractivity contribution in [2.45, 2.75) is 6.54 Å². The number of nitrogens with zero attached hydrogens (tertiary/aromatic N) is 4. The Morgan fingerprint density at radius 2 is 1.54 bits per heavy atom. The minimum absolute atomic E-state index is 0.0550. The van der Waals surface area contributed by atoms with Gasteiger partial charge in [0.15, 0.2) is 0 Å². The lowest BCUT2D eigenvalue weighted by Gasteiger charge is -2.08. The lowest BCUT2D eigenvalue weighted by molar-refractivity contribution is 0.748. The van der Waals surface area contributed by atoms with Crippen LogP contribution in [0.15, 0.2) is 78.4 Å². The number of rotatable bonds is 3. The second-order valence-electron chi connectivity index (χ2n) is 5.50. The summed E-state index contributed by atoms with van der Waals surface area (Å²) >= 11 is 0. The highest BCUT2D eigenvalue weighted by molar-refractivity contribution is 5.75. The zero-order valence-corrected chi connectivity index (χ0v) is 12.8. The minimum Gasteiger partial charge on any atom is -0.294 e. The Bertz CT molecular complexity index is 1040. The van der Waals surface area contributed by atoms with Crippen LogP contribution in [0.2, 0.25) is 0 Å². The molecule has 1 aromatic carbocycles. The van der Waals surface area contributed by atoms with Gasteiger partial charge in [0.2, 0.25) is 0 Å². The van der Waals surface area contributed by atoms with Gasteiger partial charge < -0.3 is 0 Å². The van der Waals surface area contributed by atoms with Crippen molar-refractivity contribution in [2.75, 3.05) is 0 Å². The Kier molecular flexibility index (Phi) is 3.59. The standard InChI is InChI=1S/C19H14N4O/c24-19-17-7-10-21-11-18(17)22-13-23(19)12-14-1-3-15(4-2-14)16-5-8-20-9-6-16/h1-11,13H,12H2. The highest BCUT2D eigenvalue weighted by Gasteiger charge is 2.05. The lowest BCUT2D eigenvalue weighted by Crippen LogP contribution is -2.21. The van der Waals surface area contributed by atoms with E-state index >= 15 is 0 Å². The van der Waals surface area contributed by atoms with Gasteiger partial charge in [-0.15, -0.1) is 0 Å². The molecule has 0 saturated carbocycles. The summed E-state index contributed by atoms with van der Waals surface area (Å²) in [7, 11) is 0. The minimum atomic E-state index is -0.0550. The van der Waals surface area contributed by atoms with E-state index in [1.54, 1.807) is 41.7 Å². The average Bonchev–Trinajstić information content (AvgIpc) is 2.66. The van der Waals surface area contributed by atoms with Gasteiger partial charge in [0.25, 0.3) is 5.56 Å². The zero-order valence-electron chi connectivity index (χ0n) is 12.8. The first-order valence-electron chi connectivity index (χ1n) is 7.60. The second-order valence-corrected chi connectivity index (χ2v) is 5.50. The van der Waals surface area contributed by atoms with Crippen molar-refractivity contribution in [3.05, 3.63) is 89.5 Å². The van der Waals surface area contributed by atoms with Crippen LogP contribution in [0.3, 0.4) is 0 Å². The normalized spacial score (nSPS) is 10.8. The summed E-state index contributed by atoms with van der Waals surface area (Å²) in [6.45, 7) is 0.487. The lowest BCUT2D eigenvalue weighted by atomic mass is 10.1. The fraction of sp³-hybridized carbons (Fsp3) is 0.0526. The molecular formula is C19H14N4O. The van der Waals surface area contributed by atoms with Crippen molar-refractivity contribution in [3.63, 3.8) is 0 Å². The number of benzene rings is 1. The van der Waals surface area contributed by atoms with Gasteiger partial charge in [-0.1, -0.05) is 24.3 Å². The molecule has 0 spiro atoms. The first kappa shape index (κ1) is 14.3. The van der Waals surface area contributed by atoms with Gasteiger partial charge in [-0.25, -0.2) is 4.98 Å². The van der Waals surface area contributed by atoms with E-state index in [9.17, 15) is 4.79 Å². The van der Waals surface area contributed by atoms with Gasteiger partial charge in [0.1, 0.15) is 0 Å². The maximum absolute atomic E-state index is 12.5. The fourth-order valence-electron chi connectivity index (χ4n) is 2.67. The molecule has 0 unspecified atom stereocenters. The molecule has 0 N–H and O–H groups in total. The first-order valence-corrected chi connectivity index (χ1v) is 7.60. The summed E-state index contributed by atoms with van der Waals surface area (Å²) in [6, 6.07) is 13.8. The number of pyridine rings is 2. The van der Waals surface area contributed by atoms with Crippen molar-refractivity contribution in [1.29, 1.82) is 0 Å². The molecule has 3 heterocycles. The molecule has 116 valence electrons. The predicted octanol–water partition coefficient (Wildman–Crippen LogP) is 2.90. The van der Waals surface area contributed by atoms with Gasteiger partial charge in [-0.3, -0.25) is 19.3 Å². The Morgan fingerprint density at radius 1 is 0.833 bits per heavy atom. The predicted molar refractivity (Wildman–Crippen MR) is 92.6 cm³/mol. The monoisotopic (exact) mass is 314 g/mol. The maximum Gasteiger partial charge on any atom is 0.261 e. The van der Waals surface area contributed by atoms with E-state index in [0.29, 0.717) is 17.4 Å². The summed E-state index contributed by atoms with van der Waals surface area (Å²) < 4.78 is 1.61. The molecule has 0 aliphatic heterocycles. The van der Waals surface area contributed by atoms with Crippen LogP contribution in [0, 0.1) is 0 Å². The Balaban J connectivity index is 1.64. The fourth-order valence-corrected chi connectivity index (χ4v) is 2.67. The van der Waals surface area contributed by atoms with Gasteiger partial charge in [0, 0.05) is 18.6 Å². The van der Waals surface area contributed by atoms with Crippen LogP contribution in [0.1, 0.15) is 5.56 Å². The molecule has 24 heavy (non-hydrogen) atoms. The molecule has 0 fully saturated rings. The first-order chi connectivity index (χ1) is 11.8. The van der Waals surface area contributed by atoms with Crippen LogP contribution in [0.5, 0.6) is 0 Å². The molecule has 0 bridgehead atoms. The van der Waals surface area contributed by atoms with E-state index in [1.165, 1.54) is 0 Å². The Morgan fingerprint density at radius 3 is 2.33 bits per heavy atom. The molecule has 4 rings (SSSR count). The smallest absolute Gasteiger partial charge is 0.261 e. The molecule has 0 aliphatic rings. The molecule has 0 atom stereocenters. The molecule has 0 amide bonds. The molecular weight excluding hydrogens is 300 g/mol. The van der Waals surface area contributed by atoms with Crippen LogP contribution >= 0.6 is 0 Å². The third kappa shape index (κ3) is 2.67. The molecule has 0 saturated heterocycles. The van der Waals surface area contributed by atoms with E-state index in [0.717, 1.165) is 16.7 Å². The summed E-state index contributed by atoms with van der Waals surface area (Å²) in [5.74, 6) is 0. The van der Waals surface area contributed by atoms with Crippen LogP contribution in [-0.4, -0.2) is 19.5 Å². The SMILES string of the molecule is O=c1c2ccncc2ncn1Cc1ccc(-c2ccncc2)cc1. The van der Waals surface area contributed by atoms with E-state index < -0.39 is 0 Å². The third-order valence-corrected chi connectivity index (χ3v) is 3.95. The maximum atomic E-state index is 12.5. The Hall–Kier alpha value is -3.34. The van der Waals surface area contributed by atoms with E-state index in [1.807, 2.05) is 36.4 Å². The van der Waals surface area contributed by atoms with Crippen molar-refractivity contribution < 1.29 is 0 Å². The highest BCUT2D eigenvalue weighted by Crippen LogP contribution is 2.18. The van der Waals surface area contributed by atoms with Crippen LogP contribution in [-0.2, 0) is 6.54 Å². The molecule has 0 radical (unpaired) electrons. The molecule has 4 aromatic rings. The Labute approximate surface area is 138 Å². The van der Waals surface area contributed by atoms with Crippen LogP contribution in [0.4, 0.5) is 0 Å². The van der Waals surface area contributed by atoms with E-state index in [2.05, 4.69) is 15.0 Å². The molecule has 0 aliphatic carbocycles. The number of aromatic nitrogens is 4. The van der Waals surface area contributed by atoms with Crippen molar-refractivity contribution in [3.8, 4) is 11.1 Å². The van der Waals surface area contributed by atoms with E-state index in [4.69, 9.17) is 0 Å². The molecule has 3 aromatic heterocycles. The highest BCUT2D eigenvalue weighted by atomic mass is 16.1. The average molecular weight is 314 g/mol. The van der Waals surface area contributed by atoms with Gasteiger partial charge in [-0.2, -0.15) is 0 Å². The van der Waals surface area contributed by atoms with Gasteiger partial charge in [0.05, 0.1) is 30.0 Å². The van der Waals surface area contributed by atoms with Crippen LogP contribution < -0.4 is 5.56 Å². The van der Waals surface area contributed by atoms with Crippen LogP contribution in [0.25, 0.3) is 22.0 Å². The second kappa shape index (κ2) is 6.04. The van der Waals surface area contributed by atoms with Crippen molar-refractivity contribution in [1.82, 2.24) is 19.5 Å². The number of fused-ring (bicyclic) bond motifs is 1. The zero-order chi connectivity index (χ0) is 16.4. The summed E-state index contributed by atoms with van der Waals surface area (Å²) in [5, 5.41) is 0.584. The topological polar surface area (TPSA) is 60.7 Å².